The molecule has 2 aromatic rings. The molecule has 2 aromatic carbocycles. The Bertz CT molecular complexity index is 997. The summed E-state index contributed by atoms with van der Waals surface area (Å²) in [7, 11) is 0. The number of ketones is 1. The van der Waals surface area contributed by atoms with Crippen molar-refractivity contribution in [1.82, 2.24) is 0 Å². The maximum Gasteiger partial charge on any atom is 0.201 e. The minimum Gasteiger partial charge on any atom is -0.486 e. The highest BCUT2D eigenvalue weighted by molar-refractivity contribution is 6.45. The van der Waals surface area contributed by atoms with Crippen LogP contribution in [0.3, 0.4) is 0 Å². The monoisotopic (exact) mass is 383 g/mol. The van der Waals surface area contributed by atoms with Gasteiger partial charge in [-0.25, -0.2) is 0 Å². The second kappa shape index (κ2) is 7.76. The minimum absolute atomic E-state index is 0.219. The second-order valence-corrected chi connectivity index (χ2v) is 5.86. The van der Waals surface area contributed by atoms with Crippen molar-refractivity contribution in [3.8, 4) is 17.6 Å². The Balaban J connectivity index is 2.08. The number of fused-ring (bicyclic) bond motifs is 1. The number of rotatable bonds is 5. The predicted molar refractivity (Wildman–Crippen MR) is 101 cm³/mol. The molecule has 3 rings (SSSR count). The number of nitriles is 1. The zero-order valence-corrected chi connectivity index (χ0v) is 14.7. The van der Waals surface area contributed by atoms with Gasteiger partial charge in [-0.2, -0.15) is 10.4 Å². The summed E-state index contributed by atoms with van der Waals surface area (Å²) in [5.41, 5.74) is 8.37. The van der Waals surface area contributed by atoms with Gasteiger partial charge in [-0.05, 0) is 18.2 Å². The first-order chi connectivity index (χ1) is 13.0. The molecule has 0 atom stereocenters. The van der Waals surface area contributed by atoms with Crippen molar-refractivity contribution < 1.29 is 14.3 Å². The van der Waals surface area contributed by atoms with Crippen LogP contribution in [0.1, 0.15) is 15.9 Å². The Kier molecular flexibility index (Phi) is 5.24. The van der Waals surface area contributed by atoms with Crippen LogP contribution in [0.15, 0.2) is 41.5 Å². The number of ether oxygens (including phenoxy) is 2. The van der Waals surface area contributed by atoms with Gasteiger partial charge >= 0.3 is 0 Å². The van der Waals surface area contributed by atoms with Crippen LogP contribution >= 0.6 is 11.6 Å². The first kappa shape index (κ1) is 18.2. The summed E-state index contributed by atoms with van der Waals surface area (Å²) in [6.45, 7) is 0.727. The number of anilines is 1. The summed E-state index contributed by atoms with van der Waals surface area (Å²) >= 11 is 6.14. The van der Waals surface area contributed by atoms with E-state index in [2.05, 4.69) is 10.5 Å². The van der Waals surface area contributed by atoms with Crippen molar-refractivity contribution in [2.75, 3.05) is 18.6 Å². The fourth-order valence-electron chi connectivity index (χ4n) is 2.42. The van der Waals surface area contributed by atoms with Crippen LogP contribution in [0.4, 0.5) is 5.69 Å². The number of nitrogens with one attached hydrogen (secondary N) is 2. The highest BCUT2D eigenvalue weighted by Gasteiger charge is 2.22. The van der Waals surface area contributed by atoms with E-state index < -0.39 is 5.84 Å². The molecule has 0 bridgehead atoms. The maximum absolute atomic E-state index is 13.0. The molecule has 0 radical (unpaired) electrons. The average Bonchev–Trinajstić information content (AvgIpc) is 2.67. The summed E-state index contributed by atoms with van der Waals surface area (Å²) < 4.78 is 11.1. The topological polar surface area (TPSA) is 134 Å². The first-order valence-corrected chi connectivity index (χ1v) is 8.20. The van der Waals surface area contributed by atoms with Crippen molar-refractivity contribution >= 4 is 34.6 Å². The molecule has 0 spiro atoms. The highest BCUT2D eigenvalue weighted by atomic mass is 35.5. The van der Waals surface area contributed by atoms with E-state index in [4.69, 9.17) is 37.5 Å². The molecular weight excluding hydrogens is 370 g/mol. The van der Waals surface area contributed by atoms with Crippen molar-refractivity contribution in [2.24, 2.45) is 10.8 Å². The number of carbonyl (C=O) groups is 1. The number of hydrogen-bond donors (Lipinski definition) is 3. The zero-order chi connectivity index (χ0) is 19.4. The number of amidine groups is 1. The Labute approximate surface area is 159 Å². The lowest BCUT2D eigenvalue weighted by atomic mass is 10.0. The molecule has 27 heavy (non-hydrogen) atoms. The summed E-state index contributed by atoms with van der Waals surface area (Å²) in [6, 6.07) is 11.4. The van der Waals surface area contributed by atoms with Crippen molar-refractivity contribution in [2.45, 2.75) is 0 Å². The van der Waals surface area contributed by atoms with Crippen LogP contribution in [0, 0.1) is 16.7 Å². The number of hydrogen-bond acceptors (Lipinski definition) is 7. The van der Waals surface area contributed by atoms with E-state index >= 15 is 0 Å². The van der Waals surface area contributed by atoms with E-state index in [-0.39, 0.29) is 22.7 Å². The number of nitrogens with zero attached hydrogens (tertiary/aromatic N) is 2. The van der Waals surface area contributed by atoms with Gasteiger partial charge in [0.1, 0.15) is 19.3 Å². The van der Waals surface area contributed by atoms with Gasteiger partial charge in [-0.15, -0.1) is 0 Å². The van der Waals surface area contributed by atoms with E-state index in [1.54, 1.807) is 30.3 Å². The highest BCUT2D eigenvalue weighted by Crippen LogP contribution is 2.37. The second-order valence-electron chi connectivity index (χ2n) is 5.45. The Hall–Kier alpha value is -3.57. The lowest BCUT2D eigenvalue weighted by molar-refractivity contribution is 0.103. The van der Waals surface area contributed by atoms with E-state index in [0.29, 0.717) is 35.3 Å². The quantitative estimate of drug-likeness (QED) is 0.314. The Morgan fingerprint density at radius 3 is 2.52 bits per heavy atom. The van der Waals surface area contributed by atoms with Gasteiger partial charge in [0.2, 0.25) is 5.71 Å². The Morgan fingerprint density at radius 1 is 1.22 bits per heavy atom. The lowest BCUT2D eigenvalue weighted by Crippen LogP contribution is -2.22. The number of carbonyl (C=O) groups excluding carboxylic acids is 1. The summed E-state index contributed by atoms with van der Waals surface area (Å²) in [5.74, 6) is -0.0209. The van der Waals surface area contributed by atoms with Crippen LogP contribution in [0.2, 0.25) is 5.02 Å². The summed E-state index contributed by atoms with van der Waals surface area (Å²) in [6.07, 6.45) is 0. The van der Waals surface area contributed by atoms with Crippen LogP contribution < -0.4 is 20.6 Å². The number of hydrazone groups is 1. The molecular formula is C18H14ClN5O3. The number of nitrogens with two attached hydrogens (primary N) is 1. The van der Waals surface area contributed by atoms with E-state index in [0.717, 1.165) is 0 Å². The van der Waals surface area contributed by atoms with Gasteiger partial charge in [0.25, 0.3) is 0 Å². The third-order valence-corrected chi connectivity index (χ3v) is 4.02. The van der Waals surface area contributed by atoms with Crippen LogP contribution in [-0.2, 0) is 0 Å². The molecule has 136 valence electrons. The lowest BCUT2D eigenvalue weighted by Gasteiger charge is -2.21. The van der Waals surface area contributed by atoms with Crippen molar-refractivity contribution in [1.29, 1.82) is 10.7 Å². The van der Waals surface area contributed by atoms with Gasteiger partial charge in [0, 0.05) is 11.6 Å². The molecule has 4 N–H and O–H groups in total. The molecule has 0 saturated heterocycles. The summed E-state index contributed by atoms with van der Waals surface area (Å²) in [5, 5.41) is 20.4. The zero-order valence-electron chi connectivity index (χ0n) is 14.0. The van der Waals surface area contributed by atoms with Crippen LogP contribution in [-0.4, -0.2) is 30.5 Å². The standard InChI is InChI=1S/C18H14ClN5O3/c19-12-4-2-1-3-10(12)17(25)11-7-15-16(27-6-5-26-15)8-13(11)23-24-14(9-20)18(21)22/h1-4,7-8,23H,5-6H2,(H3,21,22)/b24-14+. The number of halogens is 1. The van der Waals surface area contributed by atoms with Gasteiger partial charge in [0.05, 0.1) is 16.3 Å². The molecule has 9 heteroatoms. The van der Waals surface area contributed by atoms with Gasteiger partial charge in [-0.1, -0.05) is 23.7 Å². The van der Waals surface area contributed by atoms with E-state index in [9.17, 15) is 4.79 Å². The fourth-order valence-corrected chi connectivity index (χ4v) is 2.64. The smallest absolute Gasteiger partial charge is 0.201 e. The first-order valence-electron chi connectivity index (χ1n) is 7.82. The molecule has 1 aliphatic heterocycles. The van der Waals surface area contributed by atoms with Crippen molar-refractivity contribution in [3.63, 3.8) is 0 Å². The molecule has 1 aliphatic rings. The van der Waals surface area contributed by atoms with Gasteiger partial charge < -0.3 is 15.2 Å². The minimum atomic E-state index is -0.499. The number of benzene rings is 2. The fraction of sp³-hybridized carbons (Fsp3) is 0.111. The predicted octanol–water partition coefficient (Wildman–Crippen LogP) is 2.57. The van der Waals surface area contributed by atoms with E-state index in [1.165, 1.54) is 12.1 Å². The molecule has 0 fully saturated rings. The van der Waals surface area contributed by atoms with Gasteiger partial charge in [0.15, 0.2) is 23.1 Å². The molecule has 0 unspecified atom stereocenters. The largest absolute Gasteiger partial charge is 0.486 e. The van der Waals surface area contributed by atoms with Gasteiger partial charge in [-0.3, -0.25) is 15.6 Å². The average molecular weight is 384 g/mol. The SMILES string of the molecule is N#C/C(=N\Nc1cc2c(cc1C(=O)c1ccccc1Cl)OCCO2)C(=N)N. The summed E-state index contributed by atoms with van der Waals surface area (Å²) in [4.78, 5) is 13.0. The molecule has 1 heterocycles. The molecule has 0 amide bonds. The molecule has 0 aliphatic carbocycles. The van der Waals surface area contributed by atoms with E-state index in [1.807, 2.05) is 0 Å². The third kappa shape index (κ3) is 3.83. The van der Waals surface area contributed by atoms with Crippen LogP contribution in [0.25, 0.3) is 0 Å². The molecule has 0 aromatic heterocycles. The molecule has 8 nitrogen and oxygen atoms in total. The maximum atomic E-state index is 13.0. The molecule has 0 saturated carbocycles. The third-order valence-electron chi connectivity index (χ3n) is 3.69. The van der Waals surface area contributed by atoms with Crippen LogP contribution in [0.5, 0.6) is 11.5 Å². The normalized spacial score (nSPS) is 12.8. The van der Waals surface area contributed by atoms with Crippen molar-refractivity contribution in [3.05, 3.63) is 52.5 Å². The Morgan fingerprint density at radius 2 is 1.89 bits per heavy atom.